The number of pyridine rings is 1. The van der Waals surface area contributed by atoms with Crippen LogP contribution in [0.1, 0.15) is 23.2 Å². The highest BCUT2D eigenvalue weighted by molar-refractivity contribution is 5.98. The molecule has 3 aliphatic heterocycles. The topological polar surface area (TPSA) is 71.2 Å². The lowest BCUT2D eigenvalue weighted by Crippen LogP contribution is -2.57. The molecule has 5 heteroatoms. The molecule has 1 aromatic rings. The second-order valence-electron chi connectivity index (χ2n) is 5.15. The highest BCUT2D eigenvalue weighted by Gasteiger charge is 2.35. The Kier molecular flexibility index (Phi) is 2.91. The molecule has 4 rings (SSSR count). The maximum absolute atomic E-state index is 12.2. The number of nitrogen functional groups attached to an aromatic ring is 1. The van der Waals surface area contributed by atoms with E-state index in [-0.39, 0.29) is 11.9 Å². The molecule has 1 aromatic heterocycles. The largest absolute Gasteiger partial charge is 0.383 e. The van der Waals surface area contributed by atoms with Gasteiger partial charge in [0.25, 0.3) is 5.91 Å². The minimum Gasteiger partial charge on any atom is -0.383 e. The Hall–Kier alpha value is -1.62. The molecule has 4 heterocycles. The van der Waals surface area contributed by atoms with Crippen LogP contribution in [-0.4, -0.2) is 41.5 Å². The zero-order chi connectivity index (χ0) is 12.5. The van der Waals surface area contributed by atoms with Crippen molar-refractivity contribution < 1.29 is 4.79 Å². The van der Waals surface area contributed by atoms with Crippen molar-refractivity contribution in [1.82, 2.24) is 15.2 Å². The Balaban J connectivity index is 1.70. The third-order valence-electron chi connectivity index (χ3n) is 4.06. The van der Waals surface area contributed by atoms with Gasteiger partial charge in [0.05, 0.1) is 5.56 Å². The number of carbonyl (C=O) groups excluding carboxylic acids is 1. The highest BCUT2D eigenvalue weighted by Crippen LogP contribution is 2.27. The fraction of sp³-hybridized carbons (Fsp3) is 0.538. The van der Waals surface area contributed by atoms with E-state index in [1.54, 1.807) is 18.3 Å². The van der Waals surface area contributed by atoms with Gasteiger partial charge in [0, 0.05) is 18.8 Å². The number of nitrogens with two attached hydrogens (primary N) is 1. The fourth-order valence-corrected chi connectivity index (χ4v) is 2.98. The zero-order valence-electron chi connectivity index (χ0n) is 10.3. The van der Waals surface area contributed by atoms with Crippen LogP contribution in [0.5, 0.6) is 0 Å². The van der Waals surface area contributed by atoms with E-state index >= 15 is 0 Å². The lowest BCUT2D eigenvalue weighted by Gasteiger charge is -2.44. The Morgan fingerprint density at radius 3 is 2.83 bits per heavy atom. The van der Waals surface area contributed by atoms with Crippen molar-refractivity contribution in [3.8, 4) is 0 Å². The molecule has 0 saturated carbocycles. The molecular formula is C13H18N4O. The lowest BCUT2D eigenvalue weighted by molar-refractivity contribution is 0.0621. The molecule has 0 aliphatic carbocycles. The number of hydrogen-bond donors (Lipinski definition) is 2. The van der Waals surface area contributed by atoms with Gasteiger partial charge in [0.1, 0.15) is 5.82 Å². The van der Waals surface area contributed by atoms with E-state index in [1.165, 1.54) is 25.9 Å². The van der Waals surface area contributed by atoms with Crippen LogP contribution in [0, 0.1) is 5.92 Å². The fourth-order valence-electron chi connectivity index (χ4n) is 2.98. The van der Waals surface area contributed by atoms with Crippen LogP contribution in [0.15, 0.2) is 18.3 Å². The summed E-state index contributed by atoms with van der Waals surface area (Å²) in [6.07, 6.45) is 3.97. The monoisotopic (exact) mass is 246 g/mol. The van der Waals surface area contributed by atoms with Crippen molar-refractivity contribution >= 4 is 11.7 Å². The number of hydrogen-bond acceptors (Lipinski definition) is 4. The van der Waals surface area contributed by atoms with Crippen molar-refractivity contribution in [3.05, 3.63) is 23.9 Å². The molecule has 3 N–H and O–H groups in total. The molecule has 1 atom stereocenters. The molecular weight excluding hydrogens is 228 g/mol. The smallest absolute Gasteiger partial charge is 0.255 e. The van der Waals surface area contributed by atoms with E-state index in [2.05, 4.69) is 15.2 Å². The van der Waals surface area contributed by atoms with Crippen molar-refractivity contribution in [2.75, 3.05) is 25.4 Å². The predicted molar refractivity (Wildman–Crippen MR) is 69.1 cm³/mol. The van der Waals surface area contributed by atoms with E-state index in [0.717, 1.165) is 6.54 Å². The SMILES string of the molecule is Nc1ncccc1C(=O)NC1CN2CCC1CC2. The molecule has 0 radical (unpaired) electrons. The van der Waals surface area contributed by atoms with Crippen LogP contribution >= 0.6 is 0 Å². The third-order valence-corrected chi connectivity index (χ3v) is 4.06. The zero-order valence-corrected chi connectivity index (χ0v) is 10.3. The van der Waals surface area contributed by atoms with Gasteiger partial charge in [-0.1, -0.05) is 0 Å². The number of nitrogens with zero attached hydrogens (tertiary/aromatic N) is 2. The van der Waals surface area contributed by atoms with Crippen LogP contribution < -0.4 is 11.1 Å². The molecule has 0 aromatic carbocycles. The first-order valence-electron chi connectivity index (χ1n) is 6.48. The van der Waals surface area contributed by atoms with E-state index in [1.807, 2.05) is 0 Å². The summed E-state index contributed by atoms with van der Waals surface area (Å²) in [4.78, 5) is 18.5. The van der Waals surface area contributed by atoms with Crippen LogP contribution in [-0.2, 0) is 0 Å². The number of piperidine rings is 3. The average molecular weight is 246 g/mol. The Morgan fingerprint density at radius 1 is 1.44 bits per heavy atom. The molecule has 2 bridgehead atoms. The van der Waals surface area contributed by atoms with Crippen LogP contribution in [0.4, 0.5) is 5.82 Å². The minimum absolute atomic E-state index is 0.0978. The molecule has 3 saturated heterocycles. The van der Waals surface area contributed by atoms with Gasteiger partial charge in [0.15, 0.2) is 0 Å². The minimum atomic E-state index is -0.0978. The molecule has 5 nitrogen and oxygen atoms in total. The summed E-state index contributed by atoms with van der Waals surface area (Å²) in [7, 11) is 0. The van der Waals surface area contributed by atoms with Crippen molar-refractivity contribution in [2.45, 2.75) is 18.9 Å². The van der Waals surface area contributed by atoms with Gasteiger partial charge >= 0.3 is 0 Å². The number of aromatic nitrogens is 1. The van der Waals surface area contributed by atoms with E-state index < -0.39 is 0 Å². The summed E-state index contributed by atoms with van der Waals surface area (Å²) < 4.78 is 0. The van der Waals surface area contributed by atoms with Gasteiger partial charge in [0.2, 0.25) is 0 Å². The first-order chi connectivity index (χ1) is 8.74. The van der Waals surface area contributed by atoms with Crippen LogP contribution in [0.25, 0.3) is 0 Å². The van der Waals surface area contributed by atoms with Gasteiger partial charge in [-0.2, -0.15) is 0 Å². The maximum Gasteiger partial charge on any atom is 0.255 e. The molecule has 0 spiro atoms. The number of carbonyl (C=O) groups is 1. The van der Waals surface area contributed by atoms with Gasteiger partial charge < -0.3 is 16.0 Å². The first kappa shape index (κ1) is 11.5. The number of anilines is 1. The molecule has 96 valence electrons. The van der Waals surface area contributed by atoms with Crippen LogP contribution in [0.3, 0.4) is 0 Å². The number of fused-ring (bicyclic) bond motifs is 3. The van der Waals surface area contributed by atoms with Crippen LogP contribution in [0.2, 0.25) is 0 Å². The van der Waals surface area contributed by atoms with E-state index in [4.69, 9.17) is 5.73 Å². The third kappa shape index (κ3) is 2.06. The summed E-state index contributed by atoms with van der Waals surface area (Å²) in [5.41, 5.74) is 6.20. The highest BCUT2D eigenvalue weighted by atomic mass is 16.1. The van der Waals surface area contributed by atoms with Gasteiger partial charge in [-0.15, -0.1) is 0 Å². The molecule has 3 fully saturated rings. The Labute approximate surface area is 106 Å². The molecule has 1 amide bonds. The summed E-state index contributed by atoms with van der Waals surface area (Å²) in [6, 6.07) is 3.72. The summed E-state index contributed by atoms with van der Waals surface area (Å²) in [5, 5.41) is 3.11. The van der Waals surface area contributed by atoms with E-state index in [9.17, 15) is 4.79 Å². The Morgan fingerprint density at radius 2 is 2.22 bits per heavy atom. The Bertz CT molecular complexity index is 454. The number of rotatable bonds is 2. The van der Waals surface area contributed by atoms with Gasteiger partial charge in [-0.3, -0.25) is 4.79 Å². The quantitative estimate of drug-likeness (QED) is 0.796. The van der Waals surface area contributed by atoms with Crippen molar-refractivity contribution in [1.29, 1.82) is 0 Å². The lowest BCUT2D eigenvalue weighted by atomic mass is 9.84. The number of nitrogens with one attached hydrogen (secondary N) is 1. The summed E-state index contributed by atoms with van der Waals surface area (Å²) in [6.45, 7) is 3.31. The van der Waals surface area contributed by atoms with Gasteiger partial charge in [-0.25, -0.2) is 4.98 Å². The first-order valence-corrected chi connectivity index (χ1v) is 6.48. The summed E-state index contributed by atoms with van der Waals surface area (Å²) >= 11 is 0. The molecule has 1 unspecified atom stereocenters. The summed E-state index contributed by atoms with van der Waals surface area (Å²) in [5.74, 6) is 0.826. The molecule has 18 heavy (non-hydrogen) atoms. The average Bonchev–Trinajstić information content (AvgIpc) is 2.40. The maximum atomic E-state index is 12.2. The van der Waals surface area contributed by atoms with Gasteiger partial charge in [-0.05, 0) is 44.0 Å². The van der Waals surface area contributed by atoms with E-state index in [0.29, 0.717) is 17.3 Å². The standard InChI is InChI=1S/C13H18N4O/c14-12-10(2-1-5-15-12)13(18)16-11-8-17-6-3-9(11)4-7-17/h1-2,5,9,11H,3-4,6-8H2,(H2,14,15)(H,16,18). The van der Waals surface area contributed by atoms with Crippen molar-refractivity contribution in [3.63, 3.8) is 0 Å². The van der Waals surface area contributed by atoms with Crippen molar-refractivity contribution in [2.24, 2.45) is 5.92 Å². The second kappa shape index (κ2) is 4.57. The predicted octanol–water partition coefficient (Wildman–Crippen LogP) is 0.488. The number of amides is 1. The molecule has 3 aliphatic rings. The normalized spacial score (nSPS) is 30.1. The second-order valence-corrected chi connectivity index (χ2v) is 5.15.